The highest BCUT2D eigenvalue weighted by atomic mass is 16.3. The molecule has 0 fully saturated rings. The highest BCUT2D eigenvalue weighted by molar-refractivity contribution is 6.06. The number of benzene rings is 2. The monoisotopic (exact) mass is 254 g/mol. The second-order valence-electron chi connectivity index (χ2n) is 3.58. The molecule has 19 heavy (non-hydrogen) atoms. The second-order valence-corrected chi connectivity index (χ2v) is 3.58. The Bertz CT molecular complexity index is 530. The quantitative estimate of drug-likeness (QED) is 0.519. The van der Waals surface area contributed by atoms with Gasteiger partial charge in [0.05, 0.1) is 0 Å². The van der Waals surface area contributed by atoms with Crippen molar-refractivity contribution in [1.29, 1.82) is 0 Å². The minimum Gasteiger partial charge on any atom is -0.483 e. The molecule has 0 amide bonds. The summed E-state index contributed by atoms with van der Waals surface area (Å²) in [5.41, 5.74) is 1.75. The van der Waals surface area contributed by atoms with E-state index in [1.165, 1.54) is 0 Å². The van der Waals surface area contributed by atoms with E-state index in [0.29, 0.717) is 0 Å². The Balaban J connectivity index is 0.000000550. The zero-order valence-corrected chi connectivity index (χ0v) is 10.3. The van der Waals surface area contributed by atoms with Crippen molar-refractivity contribution < 1.29 is 14.7 Å². The van der Waals surface area contributed by atoms with Crippen molar-refractivity contribution in [3.63, 3.8) is 0 Å². The summed E-state index contributed by atoms with van der Waals surface area (Å²) in [5.74, 6) is 0.0319. The van der Waals surface area contributed by atoms with Crippen molar-refractivity contribution in [3.8, 4) is 0 Å². The van der Waals surface area contributed by atoms with E-state index in [1.54, 1.807) is 6.08 Å². The van der Waals surface area contributed by atoms with Crippen molar-refractivity contribution in [2.75, 3.05) is 0 Å². The first-order valence-electron chi connectivity index (χ1n) is 5.68. The second kappa shape index (κ2) is 8.42. The lowest BCUT2D eigenvalue weighted by molar-refractivity contribution is -0.122. The standard InChI is InChI=1S/C15H12O.CH2O2/c16-15(14-9-5-2-6-10-14)12-11-13-7-3-1-4-8-13;2-1-3/h1-12H;1H,(H,2,3). The van der Waals surface area contributed by atoms with Crippen LogP contribution in [0, 0.1) is 0 Å². The highest BCUT2D eigenvalue weighted by Gasteiger charge is 1.98. The normalized spacial score (nSPS) is 9.47. The van der Waals surface area contributed by atoms with Gasteiger partial charge in [-0.25, -0.2) is 0 Å². The van der Waals surface area contributed by atoms with Crippen LogP contribution in [0.25, 0.3) is 6.08 Å². The van der Waals surface area contributed by atoms with E-state index in [1.807, 2.05) is 66.7 Å². The zero-order chi connectivity index (χ0) is 13.9. The van der Waals surface area contributed by atoms with Gasteiger partial charge in [0.25, 0.3) is 6.47 Å². The molecule has 2 rings (SSSR count). The number of rotatable bonds is 3. The van der Waals surface area contributed by atoms with Gasteiger partial charge < -0.3 is 5.11 Å². The summed E-state index contributed by atoms with van der Waals surface area (Å²) in [6.07, 6.45) is 3.43. The van der Waals surface area contributed by atoms with Gasteiger partial charge in [0.1, 0.15) is 0 Å². The van der Waals surface area contributed by atoms with Gasteiger partial charge in [0, 0.05) is 5.56 Å². The molecule has 0 saturated carbocycles. The van der Waals surface area contributed by atoms with Gasteiger partial charge in [-0.15, -0.1) is 0 Å². The number of carbonyl (C=O) groups is 2. The van der Waals surface area contributed by atoms with Gasteiger partial charge in [0.15, 0.2) is 5.78 Å². The van der Waals surface area contributed by atoms with Crippen LogP contribution >= 0.6 is 0 Å². The van der Waals surface area contributed by atoms with Gasteiger partial charge in [-0.2, -0.15) is 0 Å². The number of ketones is 1. The van der Waals surface area contributed by atoms with Crippen LogP contribution in [0.1, 0.15) is 15.9 Å². The Morgan fingerprint density at radius 1 is 0.895 bits per heavy atom. The van der Waals surface area contributed by atoms with Crippen LogP contribution in [0.2, 0.25) is 0 Å². The molecule has 0 heterocycles. The van der Waals surface area contributed by atoms with Gasteiger partial charge >= 0.3 is 0 Å². The summed E-state index contributed by atoms with van der Waals surface area (Å²) in [4.78, 5) is 20.1. The molecule has 96 valence electrons. The fourth-order valence-electron chi connectivity index (χ4n) is 1.43. The average molecular weight is 254 g/mol. The maximum Gasteiger partial charge on any atom is 0.290 e. The molecule has 1 N–H and O–H groups in total. The molecular weight excluding hydrogens is 240 g/mol. The third-order valence-corrected chi connectivity index (χ3v) is 2.29. The lowest BCUT2D eigenvalue weighted by atomic mass is 10.1. The first kappa shape index (κ1) is 14.4. The SMILES string of the molecule is O=C(C=Cc1ccccc1)c1ccccc1.O=CO. The molecule has 0 unspecified atom stereocenters. The van der Waals surface area contributed by atoms with Gasteiger partial charge in [-0.05, 0) is 11.6 Å². The van der Waals surface area contributed by atoms with E-state index in [2.05, 4.69) is 0 Å². The molecule has 0 aromatic heterocycles. The fraction of sp³-hybridized carbons (Fsp3) is 0. The first-order valence-corrected chi connectivity index (χ1v) is 5.68. The largest absolute Gasteiger partial charge is 0.483 e. The molecule has 0 atom stereocenters. The number of hydrogen-bond donors (Lipinski definition) is 1. The minimum absolute atomic E-state index is 0.0319. The minimum atomic E-state index is -0.250. The number of hydrogen-bond acceptors (Lipinski definition) is 2. The van der Waals surface area contributed by atoms with E-state index < -0.39 is 0 Å². The third-order valence-electron chi connectivity index (χ3n) is 2.29. The van der Waals surface area contributed by atoms with E-state index in [0.717, 1.165) is 11.1 Å². The van der Waals surface area contributed by atoms with Crippen LogP contribution < -0.4 is 0 Å². The van der Waals surface area contributed by atoms with E-state index >= 15 is 0 Å². The number of allylic oxidation sites excluding steroid dienone is 1. The summed E-state index contributed by atoms with van der Waals surface area (Å²) in [6, 6.07) is 19.1. The highest BCUT2D eigenvalue weighted by Crippen LogP contribution is 2.05. The fourth-order valence-corrected chi connectivity index (χ4v) is 1.43. The van der Waals surface area contributed by atoms with Crippen LogP contribution in [-0.2, 0) is 4.79 Å². The molecule has 0 spiro atoms. The molecule has 3 heteroatoms. The number of carboxylic acid groups (broad SMARTS) is 1. The molecular formula is C16H14O3. The predicted octanol–water partition coefficient (Wildman–Crippen LogP) is 3.28. The van der Waals surface area contributed by atoms with E-state index in [9.17, 15) is 4.79 Å². The smallest absolute Gasteiger partial charge is 0.290 e. The topological polar surface area (TPSA) is 54.4 Å². The lowest BCUT2D eigenvalue weighted by Crippen LogP contribution is -1.92. The van der Waals surface area contributed by atoms with E-state index in [4.69, 9.17) is 9.90 Å². The van der Waals surface area contributed by atoms with Crippen LogP contribution in [0.3, 0.4) is 0 Å². The summed E-state index contributed by atoms with van der Waals surface area (Å²) in [5, 5.41) is 6.89. The molecule has 0 saturated heterocycles. The van der Waals surface area contributed by atoms with Crippen molar-refractivity contribution in [3.05, 3.63) is 77.9 Å². The number of carbonyl (C=O) groups excluding carboxylic acids is 1. The first-order chi connectivity index (χ1) is 9.27. The lowest BCUT2D eigenvalue weighted by Gasteiger charge is -1.94. The molecule has 0 radical (unpaired) electrons. The maximum absolute atomic E-state index is 11.7. The van der Waals surface area contributed by atoms with Crippen molar-refractivity contribution in [1.82, 2.24) is 0 Å². The summed E-state index contributed by atoms with van der Waals surface area (Å²) in [6.45, 7) is -0.250. The molecule has 0 aliphatic rings. The summed E-state index contributed by atoms with van der Waals surface area (Å²) in [7, 11) is 0. The third kappa shape index (κ3) is 5.46. The Hall–Kier alpha value is -2.68. The summed E-state index contributed by atoms with van der Waals surface area (Å²) < 4.78 is 0. The Morgan fingerprint density at radius 2 is 1.37 bits per heavy atom. The molecule has 0 aliphatic carbocycles. The zero-order valence-electron chi connectivity index (χ0n) is 10.3. The maximum atomic E-state index is 11.7. The summed E-state index contributed by atoms with van der Waals surface area (Å²) >= 11 is 0. The Morgan fingerprint density at radius 3 is 1.89 bits per heavy atom. The van der Waals surface area contributed by atoms with E-state index in [-0.39, 0.29) is 12.3 Å². The van der Waals surface area contributed by atoms with Crippen molar-refractivity contribution in [2.45, 2.75) is 0 Å². The Kier molecular flexibility index (Phi) is 6.37. The van der Waals surface area contributed by atoms with Crippen LogP contribution in [0.5, 0.6) is 0 Å². The van der Waals surface area contributed by atoms with Crippen LogP contribution in [-0.4, -0.2) is 17.4 Å². The molecule has 2 aromatic rings. The average Bonchev–Trinajstić information content (AvgIpc) is 2.47. The molecule has 0 bridgehead atoms. The predicted molar refractivity (Wildman–Crippen MR) is 74.9 cm³/mol. The molecule has 2 aromatic carbocycles. The van der Waals surface area contributed by atoms with Gasteiger partial charge in [0.2, 0.25) is 0 Å². The Labute approximate surface area is 111 Å². The van der Waals surface area contributed by atoms with Crippen molar-refractivity contribution in [2.24, 2.45) is 0 Å². The van der Waals surface area contributed by atoms with Gasteiger partial charge in [-0.1, -0.05) is 66.7 Å². The van der Waals surface area contributed by atoms with Gasteiger partial charge in [-0.3, -0.25) is 9.59 Å². The van der Waals surface area contributed by atoms with Crippen molar-refractivity contribution >= 4 is 18.3 Å². The molecule has 3 nitrogen and oxygen atoms in total. The molecule has 0 aliphatic heterocycles. The van der Waals surface area contributed by atoms with Crippen LogP contribution in [0.4, 0.5) is 0 Å². The van der Waals surface area contributed by atoms with Crippen LogP contribution in [0.15, 0.2) is 66.7 Å².